The van der Waals surface area contributed by atoms with Gasteiger partial charge in [0.1, 0.15) is 18.1 Å². The molecule has 0 fully saturated rings. The highest BCUT2D eigenvalue weighted by molar-refractivity contribution is 6.18. The van der Waals surface area contributed by atoms with Crippen molar-refractivity contribution in [2.45, 2.75) is 19.5 Å². The van der Waals surface area contributed by atoms with Crippen LogP contribution in [0.25, 0.3) is 0 Å². The third-order valence-electron chi connectivity index (χ3n) is 3.90. The Bertz CT molecular complexity index is 747. The maximum absolute atomic E-state index is 13.1. The van der Waals surface area contributed by atoms with Gasteiger partial charge in [0.25, 0.3) is 0 Å². The van der Waals surface area contributed by atoms with Gasteiger partial charge in [-0.15, -0.1) is 18.2 Å². The lowest BCUT2D eigenvalue weighted by Crippen LogP contribution is -2.42. The van der Waals surface area contributed by atoms with Crippen molar-refractivity contribution in [3.8, 4) is 0 Å². The number of rotatable bonds is 10. The van der Waals surface area contributed by atoms with Gasteiger partial charge in [-0.05, 0) is 29.8 Å². The summed E-state index contributed by atoms with van der Waals surface area (Å²) in [5.74, 6) is 0.00426. The van der Waals surface area contributed by atoms with E-state index in [1.807, 2.05) is 0 Å². The molecule has 7 heteroatoms. The van der Waals surface area contributed by atoms with E-state index in [2.05, 4.69) is 6.58 Å². The van der Waals surface area contributed by atoms with E-state index in [0.29, 0.717) is 5.76 Å². The van der Waals surface area contributed by atoms with Crippen molar-refractivity contribution >= 4 is 23.4 Å². The quantitative estimate of drug-likeness (QED) is 0.458. The molecule has 2 rings (SSSR count). The van der Waals surface area contributed by atoms with Crippen LogP contribution in [0.2, 0.25) is 0 Å². The van der Waals surface area contributed by atoms with Crippen LogP contribution in [0.3, 0.4) is 0 Å². The molecular weight excluding hydrogens is 371 g/mol. The van der Waals surface area contributed by atoms with Crippen LogP contribution < -0.4 is 0 Å². The fourth-order valence-corrected chi connectivity index (χ4v) is 2.71. The number of alkyl halides is 1. The zero-order valence-electron chi connectivity index (χ0n) is 14.9. The maximum atomic E-state index is 13.1. The van der Waals surface area contributed by atoms with E-state index in [9.17, 15) is 14.0 Å². The molecule has 0 aliphatic rings. The lowest BCUT2D eigenvalue weighted by molar-refractivity contribution is -0.140. The minimum absolute atomic E-state index is 0.0936. The van der Waals surface area contributed by atoms with Gasteiger partial charge in [0.05, 0.1) is 12.8 Å². The maximum Gasteiger partial charge on any atom is 0.242 e. The van der Waals surface area contributed by atoms with Gasteiger partial charge in [-0.2, -0.15) is 0 Å². The van der Waals surface area contributed by atoms with E-state index in [-0.39, 0.29) is 56.1 Å². The van der Waals surface area contributed by atoms with Gasteiger partial charge >= 0.3 is 0 Å². The van der Waals surface area contributed by atoms with Gasteiger partial charge in [0.2, 0.25) is 11.8 Å². The molecule has 2 amide bonds. The summed E-state index contributed by atoms with van der Waals surface area (Å²) in [5.41, 5.74) is 0.777. The molecule has 0 atom stereocenters. The number of nitrogens with zero attached hydrogens (tertiary/aromatic N) is 2. The van der Waals surface area contributed by atoms with Crippen molar-refractivity contribution in [3.63, 3.8) is 0 Å². The highest BCUT2D eigenvalue weighted by Gasteiger charge is 2.21. The standard InChI is InChI=1S/C20H22ClFN2O3/c1-2-11-23(19(25)9-10-21)15-20(26)24(14-18-4-3-12-27-18)13-16-5-7-17(22)8-6-16/h2-8,12H,1,9-11,13-15H2. The Balaban J connectivity index is 2.14. The van der Waals surface area contributed by atoms with Crippen LogP contribution in [-0.2, 0) is 22.7 Å². The molecule has 27 heavy (non-hydrogen) atoms. The Morgan fingerprint density at radius 1 is 1.11 bits per heavy atom. The van der Waals surface area contributed by atoms with Crippen molar-refractivity contribution in [1.29, 1.82) is 0 Å². The Morgan fingerprint density at radius 2 is 1.85 bits per heavy atom. The van der Waals surface area contributed by atoms with E-state index < -0.39 is 0 Å². The molecule has 2 aromatic rings. The van der Waals surface area contributed by atoms with Crippen LogP contribution in [0.5, 0.6) is 0 Å². The van der Waals surface area contributed by atoms with E-state index in [1.165, 1.54) is 23.3 Å². The summed E-state index contributed by atoms with van der Waals surface area (Å²) in [7, 11) is 0. The van der Waals surface area contributed by atoms with Crippen LogP contribution >= 0.6 is 11.6 Å². The minimum Gasteiger partial charge on any atom is -0.467 e. The Labute approximate surface area is 163 Å². The molecular formula is C20H22ClFN2O3. The topological polar surface area (TPSA) is 53.8 Å². The summed E-state index contributed by atoms with van der Waals surface area (Å²) >= 11 is 5.64. The number of benzene rings is 1. The van der Waals surface area contributed by atoms with E-state index in [4.69, 9.17) is 16.0 Å². The SMILES string of the molecule is C=CCN(CC(=O)N(Cc1ccc(F)cc1)Cc1ccco1)C(=O)CCCl. The van der Waals surface area contributed by atoms with Gasteiger partial charge in [0.15, 0.2) is 0 Å². The number of carbonyl (C=O) groups excluding carboxylic acids is 2. The lowest BCUT2D eigenvalue weighted by atomic mass is 10.2. The predicted molar refractivity (Wildman–Crippen MR) is 101 cm³/mol. The summed E-state index contributed by atoms with van der Waals surface area (Å²) in [4.78, 5) is 28.0. The second-order valence-electron chi connectivity index (χ2n) is 5.96. The number of hydrogen-bond acceptors (Lipinski definition) is 3. The van der Waals surface area contributed by atoms with Crippen molar-refractivity contribution < 1.29 is 18.4 Å². The zero-order valence-corrected chi connectivity index (χ0v) is 15.7. The zero-order chi connectivity index (χ0) is 19.6. The summed E-state index contributed by atoms with van der Waals surface area (Å²) < 4.78 is 18.5. The molecule has 0 radical (unpaired) electrons. The van der Waals surface area contributed by atoms with Gasteiger partial charge in [-0.1, -0.05) is 18.2 Å². The lowest BCUT2D eigenvalue weighted by Gasteiger charge is -2.26. The molecule has 144 valence electrons. The molecule has 0 unspecified atom stereocenters. The smallest absolute Gasteiger partial charge is 0.242 e. The average molecular weight is 393 g/mol. The van der Waals surface area contributed by atoms with Crippen LogP contribution in [0.4, 0.5) is 4.39 Å². The first kappa shape index (κ1) is 20.7. The Hall–Kier alpha value is -2.60. The van der Waals surface area contributed by atoms with Crippen LogP contribution in [0, 0.1) is 5.82 Å². The molecule has 1 aromatic carbocycles. The summed E-state index contributed by atoms with van der Waals surface area (Å²) in [6, 6.07) is 9.45. The molecule has 1 heterocycles. The van der Waals surface area contributed by atoms with Crippen LogP contribution in [0.15, 0.2) is 59.7 Å². The highest BCUT2D eigenvalue weighted by Crippen LogP contribution is 2.13. The average Bonchev–Trinajstić information content (AvgIpc) is 3.16. The van der Waals surface area contributed by atoms with Crippen LogP contribution in [-0.4, -0.2) is 40.6 Å². The Morgan fingerprint density at radius 3 is 2.44 bits per heavy atom. The molecule has 1 aromatic heterocycles. The highest BCUT2D eigenvalue weighted by atomic mass is 35.5. The van der Waals surface area contributed by atoms with Gasteiger partial charge in [0, 0.05) is 25.4 Å². The van der Waals surface area contributed by atoms with Crippen LogP contribution in [0.1, 0.15) is 17.7 Å². The summed E-state index contributed by atoms with van der Waals surface area (Å²) in [6.45, 7) is 4.31. The fraction of sp³-hybridized carbons (Fsp3) is 0.300. The van der Waals surface area contributed by atoms with Crippen molar-refractivity contribution in [2.75, 3.05) is 19.0 Å². The predicted octanol–water partition coefficient (Wildman–Crippen LogP) is 3.59. The molecule has 0 aliphatic carbocycles. The molecule has 5 nitrogen and oxygen atoms in total. The molecule has 0 spiro atoms. The minimum atomic E-state index is -0.341. The largest absolute Gasteiger partial charge is 0.467 e. The summed E-state index contributed by atoms with van der Waals surface area (Å²) in [5, 5.41) is 0. The fourth-order valence-electron chi connectivity index (χ4n) is 2.55. The molecule has 0 aliphatic heterocycles. The Kier molecular flexibility index (Phi) is 8.07. The molecule has 0 bridgehead atoms. The first-order chi connectivity index (χ1) is 13.0. The monoisotopic (exact) mass is 392 g/mol. The molecule has 0 N–H and O–H groups in total. The third kappa shape index (κ3) is 6.57. The first-order valence-corrected chi connectivity index (χ1v) is 9.06. The number of hydrogen-bond donors (Lipinski definition) is 0. The van der Waals surface area contributed by atoms with E-state index in [0.717, 1.165) is 5.56 Å². The normalized spacial score (nSPS) is 10.4. The van der Waals surface area contributed by atoms with Crippen molar-refractivity contribution in [2.24, 2.45) is 0 Å². The number of halogens is 2. The van der Waals surface area contributed by atoms with E-state index in [1.54, 1.807) is 35.2 Å². The van der Waals surface area contributed by atoms with Crippen molar-refractivity contribution in [1.82, 2.24) is 9.80 Å². The molecule has 0 saturated carbocycles. The molecule has 0 saturated heterocycles. The number of carbonyl (C=O) groups is 2. The second kappa shape index (κ2) is 10.5. The summed E-state index contributed by atoms with van der Waals surface area (Å²) in [6.07, 6.45) is 3.25. The van der Waals surface area contributed by atoms with Crippen molar-refractivity contribution in [3.05, 3.63) is 72.5 Å². The van der Waals surface area contributed by atoms with Gasteiger partial charge in [-0.25, -0.2) is 4.39 Å². The third-order valence-corrected chi connectivity index (χ3v) is 4.09. The van der Waals surface area contributed by atoms with E-state index >= 15 is 0 Å². The first-order valence-electron chi connectivity index (χ1n) is 8.52. The number of amides is 2. The second-order valence-corrected chi connectivity index (χ2v) is 6.34. The number of furan rings is 1. The van der Waals surface area contributed by atoms with Gasteiger partial charge < -0.3 is 14.2 Å². The van der Waals surface area contributed by atoms with Gasteiger partial charge in [-0.3, -0.25) is 9.59 Å².